The van der Waals surface area contributed by atoms with E-state index < -0.39 is 0 Å². The van der Waals surface area contributed by atoms with Gasteiger partial charge in [0.15, 0.2) is 0 Å². The third kappa shape index (κ3) is 2.83. The molecule has 5 heteroatoms. The molecule has 1 heterocycles. The summed E-state index contributed by atoms with van der Waals surface area (Å²) >= 11 is 6.16. The maximum absolute atomic E-state index is 6.16. The molecule has 1 aromatic heterocycles. The second kappa shape index (κ2) is 5.89. The van der Waals surface area contributed by atoms with Crippen LogP contribution in [0.4, 0.5) is 0 Å². The maximum atomic E-state index is 6.16. The number of imidazole rings is 1. The number of nitrogens with zero attached hydrogens (tertiary/aromatic N) is 2. The minimum absolute atomic E-state index is 0.480. The van der Waals surface area contributed by atoms with Crippen molar-refractivity contribution in [1.82, 2.24) is 14.9 Å². The van der Waals surface area contributed by atoms with Crippen LogP contribution in [-0.4, -0.2) is 16.6 Å². The second-order valence-electron chi connectivity index (χ2n) is 4.03. The highest BCUT2D eigenvalue weighted by atomic mass is 35.5. The minimum Gasteiger partial charge on any atom is -0.487 e. The van der Waals surface area contributed by atoms with Crippen LogP contribution in [-0.2, 0) is 20.2 Å². The molecule has 2 rings (SSSR count). The molecule has 0 atom stereocenters. The van der Waals surface area contributed by atoms with E-state index in [4.69, 9.17) is 16.3 Å². The molecule has 0 saturated carbocycles. The number of ether oxygens (including phenoxy) is 1. The van der Waals surface area contributed by atoms with Crippen LogP contribution < -0.4 is 10.1 Å². The van der Waals surface area contributed by atoms with Crippen molar-refractivity contribution >= 4 is 11.6 Å². The van der Waals surface area contributed by atoms with E-state index in [1.807, 2.05) is 36.9 Å². The lowest BCUT2D eigenvalue weighted by Crippen LogP contribution is -2.09. The Morgan fingerprint density at radius 2 is 2.28 bits per heavy atom. The minimum atomic E-state index is 0.480. The fourth-order valence-corrected chi connectivity index (χ4v) is 1.93. The monoisotopic (exact) mass is 265 g/mol. The number of halogens is 1. The first kappa shape index (κ1) is 12.9. The van der Waals surface area contributed by atoms with Crippen LogP contribution in [0.3, 0.4) is 0 Å². The quantitative estimate of drug-likeness (QED) is 0.902. The average Bonchev–Trinajstić information content (AvgIpc) is 2.76. The maximum Gasteiger partial charge on any atom is 0.130 e. The molecule has 0 aliphatic heterocycles. The van der Waals surface area contributed by atoms with E-state index in [1.165, 1.54) is 0 Å². The highest BCUT2D eigenvalue weighted by Gasteiger charge is 2.08. The molecular formula is C13H16ClN3O. The Labute approximate surface area is 112 Å². The fourth-order valence-electron chi connectivity index (χ4n) is 1.70. The highest BCUT2D eigenvalue weighted by molar-refractivity contribution is 6.31. The molecule has 0 unspecified atom stereocenters. The summed E-state index contributed by atoms with van der Waals surface area (Å²) in [6, 6.07) is 5.68. The fraction of sp³-hybridized carbons (Fsp3) is 0.308. The van der Waals surface area contributed by atoms with Gasteiger partial charge in [-0.15, -0.1) is 0 Å². The lowest BCUT2D eigenvalue weighted by molar-refractivity contribution is 0.293. The molecule has 4 nitrogen and oxygen atoms in total. The van der Waals surface area contributed by atoms with E-state index in [1.54, 1.807) is 12.5 Å². The van der Waals surface area contributed by atoms with E-state index >= 15 is 0 Å². The summed E-state index contributed by atoms with van der Waals surface area (Å²) in [6.07, 6.45) is 3.55. The largest absolute Gasteiger partial charge is 0.487 e. The molecule has 96 valence electrons. The van der Waals surface area contributed by atoms with Crippen LogP contribution in [0.1, 0.15) is 11.3 Å². The first-order valence-corrected chi connectivity index (χ1v) is 6.10. The molecular weight excluding hydrogens is 250 g/mol. The summed E-state index contributed by atoms with van der Waals surface area (Å²) in [6.45, 7) is 1.16. The molecule has 0 amide bonds. The van der Waals surface area contributed by atoms with E-state index in [9.17, 15) is 0 Å². The van der Waals surface area contributed by atoms with Crippen molar-refractivity contribution in [2.75, 3.05) is 7.05 Å². The van der Waals surface area contributed by atoms with Gasteiger partial charge in [-0.3, -0.25) is 0 Å². The smallest absolute Gasteiger partial charge is 0.130 e. The Balaban J connectivity index is 2.14. The molecule has 1 N–H and O–H groups in total. The summed E-state index contributed by atoms with van der Waals surface area (Å²) < 4.78 is 7.74. The van der Waals surface area contributed by atoms with Crippen LogP contribution in [0.5, 0.6) is 5.75 Å². The predicted octanol–water partition coefficient (Wildman–Crippen LogP) is 2.37. The van der Waals surface area contributed by atoms with Crippen molar-refractivity contribution in [2.24, 2.45) is 7.05 Å². The molecule has 0 aliphatic rings. The third-order valence-electron chi connectivity index (χ3n) is 2.72. The van der Waals surface area contributed by atoms with Gasteiger partial charge in [0.05, 0.1) is 18.2 Å². The van der Waals surface area contributed by atoms with Crippen molar-refractivity contribution in [3.05, 3.63) is 47.0 Å². The van der Waals surface area contributed by atoms with Crippen LogP contribution in [0.15, 0.2) is 30.7 Å². The van der Waals surface area contributed by atoms with Gasteiger partial charge in [0, 0.05) is 24.2 Å². The molecule has 0 radical (unpaired) electrons. The first-order chi connectivity index (χ1) is 8.72. The van der Waals surface area contributed by atoms with Gasteiger partial charge >= 0.3 is 0 Å². The van der Waals surface area contributed by atoms with Gasteiger partial charge in [-0.2, -0.15) is 0 Å². The molecule has 0 fully saturated rings. The van der Waals surface area contributed by atoms with Crippen molar-refractivity contribution in [2.45, 2.75) is 13.2 Å². The van der Waals surface area contributed by atoms with Gasteiger partial charge in [-0.1, -0.05) is 17.7 Å². The van der Waals surface area contributed by atoms with Crippen molar-refractivity contribution in [3.8, 4) is 5.75 Å². The topological polar surface area (TPSA) is 39.1 Å². The molecule has 1 aromatic carbocycles. The highest BCUT2D eigenvalue weighted by Crippen LogP contribution is 2.26. The van der Waals surface area contributed by atoms with Crippen LogP contribution >= 0.6 is 11.6 Å². The van der Waals surface area contributed by atoms with Gasteiger partial charge in [-0.25, -0.2) is 4.98 Å². The van der Waals surface area contributed by atoms with Gasteiger partial charge in [0.25, 0.3) is 0 Å². The van der Waals surface area contributed by atoms with Crippen LogP contribution in [0, 0.1) is 0 Å². The zero-order valence-corrected chi connectivity index (χ0v) is 11.2. The summed E-state index contributed by atoms with van der Waals surface area (Å²) in [4.78, 5) is 4.05. The summed E-state index contributed by atoms with van der Waals surface area (Å²) in [5, 5.41) is 3.80. The molecule has 2 aromatic rings. The Hall–Kier alpha value is -1.52. The average molecular weight is 266 g/mol. The molecule has 0 spiro atoms. The zero-order valence-electron chi connectivity index (χ0n) is 10.5. The molecule has 0 bridgehead atoms. The standard InChI is InChI=1S/C13H16ClN3O/c1-15-7-11-12(14)4-3-5-13(11)18-8-10-6-16-9-17(10)2/h3-6,9,15H,7-8H2,1-2H3. The van der Waals surface area contributed by atoms with Gasteiger partial charge < -0.3 is 14.6 Å². The van der Waals surface area contributed by atoms with Crippen molar-refractivity contribution < 1.29 is 4.74 Å². The van der Waals surface area contributed by atoms with Crippen molar-refractivity contribution in [1.29, 1.82) is 0 Å². The summed E-state index contributed by atoms with van der Waals surface area (Å²) in [5.74, 6) is 0.804. The van der Waals surface area contributed by atoms with E-state index in [0.717, 1.165) is 17.0 Å². The lowest BCUT2D eigenvalue weighted by Gasteiger charge is -2.12. The SMILES string of the molecule is CNCc1c(Cl)cccc1OCc1cncn1C. The van der Waals surface area contributed by atoms with Gasteiger partial charge in [0.1, 0.15) is 12.4 Å². The Morgan fingerprint density at radius 1 is 1.44 bits per heavy atom. The van der Waals surface area contributed by atoms with E-state index in [0.29, 0.717) is 18.2 Å². The van der Waals surface area contributed by atoms with Crippen LogP contribution in [0.25, 0.3) is 0 Å². The number of rotatable bonds is 5. The second-order valence-corrected chi connectivity index (χ2v) is 4.44. The number of hydrogen-bond acceptors (Lipinski definition) is 3. The van der Waals surface area contributed by atoms with E-state index in [-0.39, 0.29) is 0 Å². The summed E-state index contributed by atoms with van der Waals surface area (Å²) in [7, 11) is 3.83. The molecule has 0 saturated heterocycles. The molecule has 0 aliphatic carbocycles. The number of benzene rings is 1. The number of aryl methyl sites for hydroxylation is 1. The third-order valence-corrected chi connectivity index (χ3v) is 3.08. The lowest BCUT2D eigenvalue weighted by atomic mass is 10.2. The van der Waals surface area contributed by atoms with E-state index in [2.05, 4.69) is 10.3 Å². The first-order valence-electron chi connectivity index (χ1n) is 5.72. The Kier molecular flexibility index (Phi) is 4.23. The number of nitrogens with one attached hydrogen (secondary N) is 1. The van der Waals surface area contributed by atoms with Crippen LogP contribution in [0.2, 0.25) is 5.02 Å². The molecule has 18 heavy (non-hydrogen) atoms. The summed E-state index contributed by atoms with van der Waals surface area (Å²) in [5.41, 5.74) is 1.99. The van der Waals surface area contributed by atoms with Crippen molar-refractivity contribution in [3.63, 3.8) is 0 Å². The predicted molar refractivity (Wildman–Crippen MR) is 71.8 cm³/mol. The Bertz CT molecular complexity index is 525. The van der Waals surface area contributed by atoms with Gasteiger partial charge in [0.2, 0.25) is 0 Å². The Morgan fingerprint density at radius 3 is 2.94 bits per heavy atom. The van der Waals surface area contributed by atoms with Gasteiger partial charge in [-0.05, 0) is 19.2 Å². The zero-order chi connectivity index (χ0) is 13.0. The normalized spacial score (nSPS) is 10.6. The number of hydrogen-bond donors (Lipinski definition) is 1. The number of aromatic nitrogens is 2.